The zero-order valence-electron chi connectivity index (χ0n) is 25.7. The molecule has 2 amide bonds. The van der Waals surface area contributed by atoms with Gasteiger partial charge in [0.25, 0.3) is 0 Å². The van der Waals surface area contributed by atoms with Crippen LogP contribution in [0.25, 0.3) is 0 Å². The molecule has 0 saturated heterocycles. The SMILES string of the molecule is CS(=O)(=O)N(CCCC(=O)N(Cc1ccc(Cl)cc1)C(Cc1ccccc1)C(=O)NC1CCCCC1)c1cccc(C(F)(F)F)c1. The lowest BCUT2D eigenvalue weighted by molar-refractivity contribution is -0.141. The van der Waals surface area contributed by atoms with Crippen LogP contribution >= 0.6 is 11.6 Å². The standard InChI is InChI=1S/C34H39ClF3N3O4S/c1-46(44,45)41(30-15-8-12-27(23-30)34(36,37)38)21-9-16-32(42)40(24-26-17-19-28(35)20-18-26)31(22-25-10-4-2-5-11-25)33(43)39-29-13-6-3-7-14-29/h2,4-5,8,10-12,15,17-20,23,29,31H,3,6-7,9,13-14,16,21-22,24H2,1H3,(H,39,43). The van der Waals surface area contributed by atoms with Gasteiger partial charge >= 0.3 is 6.18 Å². The first-order valence-electron chi connectivity index (χ1n) is 15.3. The Labute approximate surface area is 273 Å². The molecule has 1 aliphatic rings. The molecule has 1 unspecified atom stereocenters. The summed E-state index contributed by atoms with van der Waals surface area (Å²) in [7, 11) is -3.97. The van der Waals surface area contributed by atoms with Crippen LogP contribution in [0.3, 0.4) is 0 Å². The maximum Gasteiger partial charge on any atom is 0.416 e. The van der Waals surface area contributed by atoms with Gasteiger partial charge in [0.15, 0.2) is 0 Å². The van der Waals surface area contributed by atoms with Gasteiger partial charge < -0.3 is 10.2 Å². The monoisotopic (exact) mass is 677 g/mol. The number of amides is 2. The Balaban J connectivity index is 1.59. The third-order valence-electron chi connectivity index (χ3n) is 8.10. The van der Waals surface area contributed by atoms with Crippen LogP contribution < -0.4 is 9.62 Å². The molecule has 0 radical (unpaired) electrons. The lowest BCUT2D eigenvalue weighted by Gasteiger charge is -2.34. The third-order valence-corrected chi connectivity index (χ3v) is 9.55. The first kappa shape index (κ1) is 35.3. The fourth-order valence-corrected chi connectivity index (χ4v) is 6.81. The van der Waals surface area contributed by atoms with E-state index >= 15 is 0 Å². The number of hydrogen-bond donors (Lipinski definition) is 1. The highest BCUT2D eigenvalue weighted by Gasteiger charge is 2.33. The Kier molecular flexibility index (Phi) is 12.1. The van der Waals surface area contributed by atoms with Gasteiger partial charge in [-0.2, -0.15) is 13.2 Å². The summed E-state index contributed by atoms with van der Waals surface area (Å²) in [5.74, 6) is -0.646. The fourth-order valence-electron chi connectivity index (χ4n) is 5.73. The number of benzene rings is 3. The number of carbonyl (C=O) groups excluding carboxylic acids is 2. The molecule has 0 heterocycles. The van der Waals surface area contributed by atoms with Gasteiger partial charge in [-0.1, -0.05) is 79.4 Å². The Morgan fingerprint density at radius 3 is 2.24 bits per heavy atom. The Morgan fingerprint density at radius 2 is 1.61 bits per heavy atom. The van der Waals surface area contributed by atoms with Gasteiger partial charge in [-0.05, 0) is 60.7 Å². The number of nitrogens with one attached hydrogen (secondary N) is 1. The van der Waals surface area contributed by atoms with Crippen molar-refractivity contribution in [1.82, 2.24) is 10.2 Å². The number of sulfonamides is 1. The molecule has 4 rings (SSSR count). The maximum atomic E-state index is 14.0. The van der Waals surface area contributed by atoms with Crippen molar-refractivity contribution < 1.29 is 31.2 Å². The molecule has 0 aromatic heterocycles. The molecule has 0 bridgehead atoms. The summed E-state index contributed by atoms with van der Waals surface area (Å²) in [5.41, 5.74) is 0.504. The van der Waals surface area contributed by atoms with Crippen molar-refractivity contribution in [3.8, 4) is 0 Å². The second-order valence-electron chi connectivity index (χ2n) is 11.7. The van der Waals surface area contributed by atoms with Gasteiger partial charge in [0.2, 0.25) is 21.8 Å². The minimum atomic E-state index is -4.65. The van der Waals surface area contributed by atoms with Crippen LogP contribution in [0.15, 0.2) is 78.9 Å². The molecule has 12 heteroatoms. The van der Waals surface area contributed by atoms with E-state index in [1.807, 2.05) is 30.3 Å². The van der Waals surface area contributed by atoms with E-state index in [-0.39, 0.29) is 55.9 Å². The number of halogens is 4. The summed E-state index contributed by atoms with van der Waals surface area (Å²) >= 11 is 6.10. The highest BCUT2D eigenvalue weighted by molar-refractivity contribution is 7.92. The molecule has 3 aromatic rings. The number of rotatable bonds is 13. The average Bonchev–Trinajstić information content (AvgIpc) is 3.02. The molecule has 248 valence electrons. The molecule has 1 aliphatic carbocycles. The van der Waals surface area contributed by atoms with E-state index in [0.29, 0.717) is 5.02 Å². The van der Waals surface area contributed by atoms with Crippen molar-refractivity contribution in [3.05, 3.63) is 101 Å². The smallest absolute Gasteiger partial charge is 0.352 e. The number of hydrogen-bond acceptors (Lipinski definition) is 4. The van der Waals surface area contributed by atoms with Crippen molar-refractivity contribution in [3.63, 3.8) is 0 Å². The van der Waals surface area contributed by atoms with E-state index in [1.165, 1.54) is 11.0 Å². The van der Waals surface area contributed by atoms with Crippen molar-refractivity contribution >= 4 is 39.1 Å². The van der Waals surface area contributed by atoms with Crippen LogP contribution in [0.2, 0.25) is 5.02 Å². The van der Waals surface area contributed by atoms with E-state index in [4.69, 9.17) is 11.6 Å². The van der Waals surface area contributed by atoms with Crippen LogP contribution in [-0.4, -0.2) is 50.0 Å². The minimum Gasteiger partial charge on any atom is -0.352 e. The molecule has 7 nitrogen and oxygen atoms in total. The van der Waals surface area contributed by atoms with Crippen LogP contribution in [-0.2, 0) is 38.8 Å². The average molecular weight is 678 g/mol. The van der Waals surface area contributed by atoms with Gasteiger partial charge in [0, 0.05) is 37.0 Å². The Morgan fingerprint density at radius 1 is 0.935 bits per heavy atom. The van der Waals surface area contributed by atoms with E-state index in [1.54, 1.807) is 24.3 Å². The van der Waals surface area contributed by atoms with Crippen LogP contribution in [0.1, 0.15) is 61.6 Å². The number of nitrogens with zero attached hydrogens (tertiary/aromatic N) is 2. The van der Waals surface area contributed by atoms with E-state index in [2.05, 4.69) is 5.32 Å². The predicted octanol–water partition coefficient (Wildman–Crippen LogP) is 6.99. The van der Waals surface area contributed by atoms with Gasteiger partial charge in [0.05, 0.1) is 17.5 Å². The van der Waals surface area contributed by atoms with Crippen molar-refractivity contribution in [2.45, 2.75) is 76.2 Å². The van der Waals surface area contributed by atoms with Crippen molar-refractivity contribution in [2.24, 2.45) is 0 Å². The number of alkyl halides is 3. The fraction of sp³-hybridized carbons (Fsp3) is 0.412. The Hall–Kier alpha value is -3.57. The summed E-state index contributed by atoms with van der Waals surface area (Å²) in [4.78, 5) is 29.4. The molecule has 1 saturated carbocycles. The summed E-state index contributed by atoms with van der Waals surface area (Å²) < 4.78 is 66.3. The molecule has 0 spiro atoms. The third kappa shape index (κ3) is 10.2. The van der Waals surface area contributed by atoms with Crippen LogP contribution in [0.4, 0.5) is 18.9 Å². The maximum absolute atomic E-state index is 14.0. The molecular formula is C34H39ClF3N3O4S. The zero-order chi connectivity index (χ0) is 33.3. The van der Waals surface area contributed by atoms with Crippen molar-refractivity contribution in [1.29, 1.82) is 0 Å². The quantitative estimate of drug-likeness (QED) is 0.211. The molecule has 1 fully saturated rings. The zero-order valence-corrected chi connectivity index (χ0v) is 27.3. The number of carbonyl (C=O) groups is 2. The van der Waals surface area contributed by atoms with E-state index < -0.39 is 27.8 Å². The first-order valence-corrected chi connectivity index (χ1v) is 17.6. The summed E-state index contributed by atoms with van der Waals surface area (Å²) in [6.07, 6.45) is 1.29. The summed E-state index contributed by atoms with van der Waals surface area (Å²) in [6, 6.07) is 19.6. The van der Waals surface area contributed by atoms with Crippen LogP contribution in [0.5, 0.6) is 0 Å². The highest BCUT2D eigenvalue weighted by atomic mass is 35.5. The van der Waals surface area contributed by atoms with Gasteiger partial charge in [0.1, 0.15) is 6.04 Å². The molecule has 46 heavy (non-hydrogen) atoms. The molecule has 3 aromatic carbocycles. The normalized spacial score (nSPS) is 14.8. The topological polar surface area (TPSA) is 86.8 Å². The highest BCUT2D eigenvalue weighted by Crippen LogP contribution is 2.32. The molecule has 0 aliphatic heterocycles. The second-order valence-corrected chi connectivity index (χ2v) is 14.0. The van der Waals surface area contributed by atoms with Gasteiger partial charge in [-0.15, -0.1) is 0 Å². The lowest BCUT2D eigenvalue weighted by atomic mass is 9.94. The minimum absolute atomic E-state index is 0.0154. The summed E-state index contributed by atoms with van der Waals surface area (Å²) in [6.45, 7) is -0.118. The summed E-state index contributed by atoms with van der Waals surface area (Å²) in [5, 5.41) is 3.69. The first-order chi connectivity index (χ1) is 21.8. The molecule has 1 N–H and O–H groups in total. The lowest BCUT2D eigenvalue weighted by Crippen LogP contribution is -2.52. The largest absolute Gasteiger partial charge is 0.416 e. The van der Waals surface area contributed by atoms with E-state index in [9.17, 15) is 31.2 Å². The predicted molar refractivity (Wildman–Crippen MR) is 174 cm³/mol. The molecule has 1 atom stereocenters. The number of anilines is 1. The van der Waals surface area contributed by atoms with Gasteiger partial charge in [-0.3, -0.25) is 13.9 Å². The van der Waals surface area contributed by atoms with E-state index in [0.717, 1.165) is 72.0 Å². The molecular weight excluding hydrogens is 639 g/mol. The second kappa shape index (κ2) is 15.8. The van der Waals surface area contributed by atoms with Crippen molar-refractivity contribution in [2.75, 3.05) is 17.1 Å². The Bertz CT molecular complexity index is 1560. The van der Waals surface area contributed by atoms with Gasteiger partial charge in [-0.25, -0.2) is 8.42 Å². The van der Waals surface area contributed by atoms with Crippen LogP contribution in [0, 0.1) is 0 Å².